The predicted octanol–water partition coefficient (Wildman–Crippen LogP) is 0.880. The van der Waals surface area contributed by atoms with E-state index in [-0.39, 0.29) is 23.4 Å². The van der Waals surface area contributed by atoms with Gasteiger partial charge in [-0.2, -0.15) is 0 Å². The Hall–Kier alpha value is -0.840. The van der Waals surface area contributed by atoms with Crippen LogP contribution in [0.1, 0.15) is 52.9 Å². The number of ether oxygens (including phenoxy) is 2. The third kappa shape index (κ3) is 4.10. The highest BCUT2D eigenvalue weighted by Gasteiger charge is 2.61. The third-order valence-corrected chi connectivity index (χ3v) is 9.65. The number of rotatable bonds is 5. The predicted molar refractivity (Wildman–Crippen MR) is 124 cm³/mol. The zero-order valence-electron chi connectivity index (χ0n) is 20.5. The molecule has 0 amide bonds. The van der Waals surface area contributed by atoms with Crippen LogP contribution in [0.4, 0.5) is 0 Å². The van der Waals surface area contributed by atoms with E-state index in [1.165, 1.54) is 5.57 Å². The molecule has 1 saturated heterocycles. The van der Waals surface area contributed by atoms with E-state index >= 15 is 0 Å². The topological polar surface area (TPSA) is 140 Å². The number of fused-ring (bicyclic) bond motifs is 3. The summed E-state index contributed by atoms with van der Waals surface area (Å²) < 4.78 is 11.4. The van der Waals surface area contributed by atoms with Crippen molar-refractivity contribution in [2.75, 3.05) is 13.2 Å². The van der Waals surface area contributed by atoms with Crippen LogP contribution in [0, 0.1) is 28.1 Å². The quantitative estimate of drug-likeness (QED) is 0.318. The van der Waals surface area contributed by atoms with Crippen LogP contribution < -0.4 is 0 Å². The molecule has 0 aromatic rings. The maximum absolute atomic E-state index is 11.2. The summed E-state index contributed by atoms with van der Waals surface area (Å²) in [6, 6.07) is 0. The van der Waals surface area contributed by atoms with Crippen molar-refractivity contribution in [3.05, 3.63) is 24.3 Å². The standard InChI is InChI=1S/C26H42O8/c1-5-24(2)9-8-15-14(10-24)6-7-18-25(15,3)11-16(28)22(32)26(18,4)13-33-23-21(31)20(30)19(29)17(12-27)34-23/h5-6,15-23,27-32H,1,7-13H2,2-4H3/t15-,16+,17+,18-,19-,20-,21-,22+,23+,24+,25-,26+/m1/s1. The molecule has 194 valence electrons. The molecule has 1 heterocycles. The Morgan fingerprint density at radius 3 is 2.47 bits per heavy atom. The number of allylic oxidation sites excluding steroid dienone is 3. The Kier molecular flexibility index (Phi) is 7.12. The van der Waals surface area contributed by atoms with Crippen LogP contribution in [-0.4, -0.2) is 86.8 Å². The molecule has 6 N–H and O–H groups in total. The molecule has 0 spiro atoms. The first-order chi connectivity index (χ1) is 15.9. The molecule has 12 atom stereocenters. The molecule has 0 aromatic heterocycles. The van der Waals surface area contributed by atoms with E-state index in [0.29, 0.717) is 12.3 Å². The van der Waals surface area contributed by atoms with Crippen molar-refractivity contribution in [1.29, 1.82) is 0 Å². The second kappa shape index (κ2) is 9.23. The van der Waals surface area contributed by atoms with Gasteiger partial charge in [0.15, 0.2) is 6.29 Å². The molecule has 8 nitrogen and oxygen atoms in total. The van der Waals surface area contributed by atoms with Gasteiger partial charge in [-0.25, -0.2) is 0 Å². The van der Waals surface area contributed by atoms with Crippen LogP contribution in [0.25, 0.3) is 0 Å². The van der Waals surface area contributed by atoms with Crippen molar-refractivity contribution in [3.8, 4) is 0 Å². The molecule has 2 saturated carbocycles. The van der Waals surface area contributed by atoms with Gasteiger partial charge >= 0.3 is 0 Å². The van der Waals surface area contributed by atoms with E-state index in [1.54, 1.807) is 0 Å². The largest absolute Gasteiger partial charge is 0.394 e. The van der Waals surface area contributed by atoms with Crippen LogP contribution in [-0.2, 0) is 9.47 Å². The maximum Gasteiger partial charge on any atom is 0.186 e. The second-order valence-electron chi connectivity index (χ2n) is 11.9. The second-order valence-corrected chi connectivity index (χ2v) is 11.9. The molecule has 0 aromatic carbocycles. The molecule has 4 rings (SSSR count). The van der Waals surface area contributed by atoms with E-state index in [9.17, 15) is 30.6 Å². The van der Waals surface area contributed by atoms with Crippen molar-refractivity contribution in [3.63, 3.8) is 0 Å². The molecule has 8 heteroatoms. The Labute approximate surface area is 201 Å². The van der Waals surface area contributed by atoms with Gasteiger partial charge in [0.25, 0.3) is 0 Å². The molecule has 34 heavy (non-hydrogen) atoms. The van der Waals surface area contributed by atoms with Gasteiger partial charge in [-0.15, -0.1) is 6.58 Å². The minimum atomic E-state index is -1.53. The van der Waals surface area contributed by atoms with Crippen LogP contribution in [0.5, 0.6) is 0 Å². The van der Waals surface area contributed by atoms with Crippen LogP contribution >= 0.6 is 0 Å². The number of aliphatic hydroxyl groups excluding tert-OH is 6. The van der Waals surface area contributed by atoms with Gasteiger partial charge in [-0.3, -0.25) is 0 Å². The van der Waals surface area contributed by atoms with Gasteiger partial charge < -0.3 is 40.1 Å². The number of hydrogen-bond donors (Lipinski definition) is 6. The van der Waals surface area contributed by atoms with Crippen LogP contribution in [0.2, 0.25) is 0 Å². The van der Waals surface area contributed by atoms with Crippen molar-refractivity contribution in [2.24, 2.45) is 28.1 Å². The van der Waals surface area contributed by atoms with Crippen LogP contribution in [0.15, 0.2) is 24.3 Å². The normalized spacial score (nSPS) is 53.4. The maximum atomic E-state index is 11.2. The fourth-order valence-corrected chi connectivity index (χ4v) is 7.43. The van der Waals surface area contributed by atoms with Crippen LogP contribution in [0.3, 0.4) is 0 Å². The van der Waals surface area contributed by atoms with Crippen molar-refractivity contribution < 1.29 is 40.1 Å². The summed E-state index contributed by atoms with van der Waals surface area (Å²) in [6.45, 7) is 9.84. The Morgan fingerprint density at radius 1 is 1.12 bits per heavy atom. The summed E-state index contributed by atoms with van der Waals surface area (Å²) in [5, 5.41) is 62.1. The molecule has 3 aliphatic carbocycles. The SMILES string of the molecule is C=C[C@@]1(C)CC[C@@H]2C(=CC[C@@H]3[C@]2(C)C[C@H](O)[C@H](O)[C@@]3(C)CO[C@H]2O[C@@H](CO)[C@@H](O)[C@@H](O)[C@H]2O)C1. The van der Waals surface area contributed by atoms with E-state index < -0.39 is 54.9 Å². The Balaban J connectivity index is 1.58. The lowest BCUT2D eigenvalue weighted by Crippen LogP contribution is -2.64. The number of aliphatic hydroxyl groups is 6. The van der Waals surface area contributed by atoms with Crippen molar-refractivity contribution in [1.82, 2.24) is 0 Å². The lowest BCUT2D eigenvalue weighted by Gasteiger charge is -2.62. The van der Waals surface area contributed by atoms with E-state index in [1.807, 2.05) is 6.92 Å². The van der Waals surface area contributed by atoms with E-state index in [0.717, 1.165) is 25.7 Å². The highest BCUT2D eigenvalue weighted by molar-refractivity contribution is 5.26. The molecule has 0 radical (unpaired) electrons. The smallest absolute Gasteiger partial charge is 0.186 e. The fraction of sp³-hybridized carbons (Fsp3) is 0.846. The lowest BCUT2D eigenvalue weighted by molar-refractivity contribution is -0.315. The van der Waals surface area contributed by atoms with Gasteiger partial charge in [0.2, 0.25) is 0 Å². The Bertz CT molecular complexity index is 800. The monoisotopic (exact) mass is 482 g/mol. The highest BCUT2D eigenvalue weighted by Crippen LogP contribution is 2.63. The van der Waals surface area contributed by atoms with Gasteiger partial charge in [-0.1, -0.05) is 38.5 Å². The number of hydrogen-bond acceptors (Lipinski definition) is 8. The lowest BCUT2D eigenvalue weighted by atomic mass is 9.44. The average molecular weight is 483 g/mol. The fourth-order valence-electron chi connectivity index (χ4n) is 7.43. The molecule has 3 fully saturated rings. The molecule has 0 unspecified atom stereocenters. The molecular weight excluding hydrogens is 440 g/mol. The molecular formula is C26H42O8. The highest BCUT2D eigenvalue weighted by atomic mass is 16.7. The first kappa shape index (κ1) is 26.2. The third-order valence-electron chi connectivity index (χ3n) is 9.65. The molecule has 4 aliphatic rings. The average Bonchev–Trinajstić information content (AvgIpc) is 2.80. The minimum absolute atomic E-state index is 0.0186. The summed E-state index contributed by atoms with van der Waals surface area (Å²) >= 11 is 0. The summed E-state index contributed by atoms with van der Waals surface area (Å²) in [7, 11) is 0. The molecule has 1 aliphatic heterocycles. The van der Waals surface area contributed by atoms with E-state index in [2.05, 4.69) is 32.6 Å². The summed E-state index contributed by atoms with van der Waals surface area (Å²) in [6.07, 6.45) is -0.221. The van der Waals surface area contributed by atoms with Gasteiger partial charge in [0, 0.05) is 5.41 Å². The van der Waals surface area contributed by atoms with Gasteiger partial charge in [0.1, 0.15) is 24.4 Å². The zero-order valence-corrected chi connectivity index (χ0v) is 20.5. The summed E-state index contributed by atoms with van der Waals surface area (Å²) in [5.41, 5.74) is 0.409. The van der Waals surface area contributed by atoms with Gasteiger partial charge in [-0.05, 0) is 54.8 Å². The zero-order chi connectivity index (χ0) is 25.1. The summed E-state index contributed by atoms with van der Waals surface area (Å²) in [5.74, 6) is 0.318. The first-order valence-corrected chi connectivity index (χ1v) is 12.5. The minimum Gasteiger partial charge on any atom is -0.394 e. The first-order valence-electron chi connectivity index (χ1n) is 12.5. The Morgan fingerprint density at radius 2 is 1.82 bits per heavy atom. The van der Waals surface area contributed by atoms with Gasteiger partial charge in [0.05, 0.1) is 25.4 Å². The van der Waals surface area contributed by atoms with Crippen molar-refractivity contribution >= 4 is 0 Å². The molecule has 0 bridgehead atoms. The van der Waals surface area contributed by atoms with Crippen molar-refractivity contribution in [2.45, 2.75) is 95.8 Å². The van der Waals surface area contributed by atoms with E-state index in [4.69, 9.17) is 9.47 Å². The summed E-state index contributed by atoms with van der Waals surface area (Å²) in [4.78, 5) is 0.